The summed E-state index contributed by atoms with van der Waals surface area (Å²) < 4.78 is 0. The monoisotopic (exact) mass is 328 g/mol. The molecule has 1 heterocycles. The summed E-state index contributed by atoms with van der Waals surface area (Å²) in [7, 11) is 0. The topological polar surface area (TPSA) is 24.1 Å². The van der Waals surface area contributed by atoms with Crippen LogP contribution in [0.25, 0.3) is 0 Å². The molecule has 2 N–H and O–H groups in total. The summed E-state index contributed by atoms with van der Waals surface area (Å²) in [6, 6.07) is 5.91. The Morgan fingerprint density at radius 2 is 1.88 bits per heavy atom. The molecule has 0 aromatic heterocycles. The van der Waals surface area contributed by atoms with E-state index in [1.807, 2.05) is 0 Å². The van der Waals surface area contributed by atoms with Crippen LogP contribution in [0.5, 0.6) is 0 Å². The van der Waals surface area contributed by atoms with E-state index in [4.69, 9.17) is 0 Å². The molecule has 134 valence electrons. The van der Waals surface area contributed by atoms with Crippen LogP contribution in [0.15, 0.2) is 12.1 Å². The molecule has 3 rings (SSSR count). The molecule has 1 aromatic carbocycles. The van der Waals surface area contributed by atoms with Gasteiger partial charge in [-0.2, -0.15) is 0 Å². The Morgan fingerprint density at radius 3 is 2.50 bits per heavy atom. The van der Waals surface area contributed by atoms with Gasteiger partial charge in [-0.05, 0) is 74.6 Å². The maximum Gasteiger partial charge on any atom is 0.0411 e. The molecule has 24 heavy (non-hydrogen) atoms. The van der Waals surface area contributed by atoms with E-state index in [1.165, 1.54) is 61.9 Å². The van der Waals surface area contributed by atoms with Gasteiger partial charge in [0.2, 0.25) is 0 Å². The maximum atomic E-state index is 3.94. The van der Waals surface area contributed by atoms with Crippen LogP contribution in [0.4, 0.5) is 11.4 Å². The Bertz CT molecular complexity index is 570. The first-order valence-corrected chi connectivity index (χ1v) is 10.1. The number of fused-ring (bicyclic) bond motifs is 2. The van der Waals surface area contributed by atoms with Crippen LogP contribution >= 0.6 is 0 Å². The fraction of sp³-hybridized carbons (Fsp3) is 0.727. The Kier molecular flexibility index (Phi) is 5.13. The van der Waals surface area contributed by atoms with E-state index < -0.39 is 0 Å². The van der Waals surface area contributed by atoms with Crippen LogP contribution in [0.1, 0.15) is 83.8 Å². The molecule has 1 aliphatic carbocycles. The summed E-state index contributed by atoms with van der Waals surface area (Å²) in [4.78, 5) is 0. The number of benzene rings is 1. The Hall–Kier alpha value is -1.18. The third-order valence-corrected chi connectivity index (χ3v) is 6.44. The van der Waals surface area contributed by atoms with Crippen LogP contribution in [-0.2, 0) is 5.41 Å². The number of aryl methyl sites for hydroxylation is 1. The lowest BCUT2D eigenvalue weighted by Gasteiger charge is -2.48. The highest BCUT2D eigenvalue weighted by Crippen LogP contribution is 2.51. The van der Waals surface area contributed by atoms with Gasteiger partial charge in [0.1, 0.15) is 0 Å². The molecule has 2 heteroatoms. The van der Waals surface area contributed by atoms with E-state index in [2.05, 4.69) is 57.4 Å². The van der Waals surface area contributed by atoms with Gasteiger partial charge in [-0.1, -0.05) is 39.5 Å². The molecule has 0 saturated heterocycles. The van der Waals surface area contributed by atoms with E-state index >= 15 is 0 Å². The summed E-state index contributed by atoms with van der Waals surface area (Å²) in [5.74, 6) is 0.741. The first kappa shape index (κ1) is 17.6. The molecular formula is C22H36N2. The van der Waals surface area contributed by atoms with Crippen molar-refractivity contribution in [3.8, 4) is 0 Å². The fourth-order valence-corrected chi connectivity index (χ4v) is 4.91. The summed E-state index contributed by atoms with van der Waals surface area (Å²) in [5, 5.41) is 7.58. The van der Waals surface area contributed by atoms with Crippen molar-refractivity contribution in [3.63, 3.8) is 0 Å². The molecule has 1 aliphatic heterocycles. The summed E-state index contributed by atoms with van der Waals surface area (Å²) in [6.45, 7) is 11.5. The van der Waals surface area contributed by atoms with Crippen LogP contribution in [0.2, 0.25) is 0 Å². The smallest absolute Gasteiger partial charge is 0.0411 e. The summed E-state index contributed by atoms with van der Waals surface area (Å²) in [5.41, 5.74) is 6.17. The fourth-order valence-electron chi connectivity index (χ4n) is 4.91. The Morgan fingerprint density at radius 1 is 1.17 bits per heavy atom. The van der Waals surface area contributed by atoms with E-state index in [0.717, 1.165) is 5.92 Å². The predicted molar refractivity (Wildman–Crippen MR) is 106 cm³/mol. The zero-order valence-corrected chi connectivity index (χ0v) is 16.3. The van der Waals surface area contributed by atoms with Crippen LogP contribution in [0, 0.1) is 12.8 Å². The molecule has 1 saturated carbocycles. The van der Waals surface area contributed by atoms with E-state index in [-0.39, 0.29) is 0 Å². The van der Waals surface area contributed by atoms with Crippen molar-refractivity contribution in [3.05, 3.63) is 23.3 Å². The van der Waals surface area contributed by atoms with Gasteiger partial charge in [-0.25, -0.2) is 0 Å². The Balaban J connectivity index is 2.05. The highest BCUT2D eigenvalue weighted by Gasteiger charge is 2.42. The van der Waals surface area contributed by atoms with E-state index in [0.29, 0.717) is 17.5 Å². The average Bonchev–Trinajstić information content (AvgIpc) is 2.55. The van der Waals surface area contributed by atoms with Gasteiger partial charge in [-0.3, -0.25) is 0 Å². The second-order valence-electron chi connectivity index (χ2n) is 8.70. The molecule has 1 spiro atoms. The van der Waals surface area contributed by atoms with E-state index in [9.17, 15) is 0 Å². The second kappa shape index (κ2) is 6.98. The minimum atomic E-state index is 0.409. The SMILES string of the molecule is CCC(C)C1CC2(CCCCC2)c2cc(NC(C)C)cc(C)c2N1. The zero-order valence-electron chi connectivity index (χ0n) is 16.3. The lowest BCUT2D eigenvalue weighted by Crippen LogP contribution is -2.44. The third kappa shape index (κ3) is 3.30. The standard InChI is InChI=1S/C22H36N2/c1-6-16(4)20-14-22(10-8-7-9-11-22)19-13-18(23-15(2)3)12-17(5)21(19)24-20/h12-13,15-16,20,23-24H,6-11,14H2,1-5H3. The first-order chi connectivity index (χ1) is 11.4. The maximum absolute atomic E-state index is 3.94. The molecule has 0 bridgehead atoms. The molecular weight excluding hydrogens is 292 g/mol. The molecule has 0 radical (unpaired) electrons. The highest BCUT2D eigenvalue weighted by atomic mass is 15.0. The largest absolute Gasteiger partial charge is 0.383 e. The third-order valence-electron chi connectivity index (χ3n) is 6.44. The van der Waals surface area contributed by atoms with Crippen molar-refractivity contribution in [2.24, 2.45) is 5.92 Å². The molecule has 2 aliphatic rings. The van der Waals surface area contributed by atoms with Gasteiger partial charge in [0.05, 0.1) is 0 Å². The number of hydrogen-bond acceptors (Lipinski definition) is 2. The van der Waals surface area contributed by atoms with Crippen LogP contribution in [-0.4, -0.2) is 12.1 Å². The minimum Gasteiger partial charge on any atom is -0.383 e. The van der Waals surface area contributed by atoms with Crippen molar-refractivity contribution in [1.29, 1.82) is 0 Å². The quantitative estimate of drug-likeness (QED) is 0.683. The van der Waals surface area contributed by atoms with Gasteiger partial charge >= 0.3 is 0 Å². The number of hydrogen-bond donors (Lipinski definition) is 2. The average molecular weight is 329 g/mol. The molecule has 2 nitrogen and oxygen atoms in total. The predicted octanol–water partition coefficient (Wildman–Crippen LogP) is 6.25. The normalized spacial score (nSPS) is 23.7. The van der Waals surface area contributed by atoms with Crippen molar-refractivity contribution in [1.82, 2.24) is 0 Å². The van der Waals surface area contributed by atoms with Crippen molar-refractivity contribution < 1.29 is 0 Å². The van der Waals surface area contributed by atoms with Gasteiger partial charge in [0.15, 0.2) is 0 Å². The summed E-state index contributed by atoms with van der Waals surface area (Å²) >= 11 is 0. The molecule has 2 unspecified atom stereocenters. The Labute approximate surface area is 148 Å². The summed E-state index contributed by atoms with van der Waals surface area (Å²) in [6.07, 6.45) is 9.54. The second-order valence-corrected chi connectivity index (χ2v) is 8.70. The van der Waals surface area contributed by atoms with Gasteiger partial charge in [-0.15, -0.1) is 0 Å². The van der Waals surface area contributed by atoms with Crippen LogP contribution in [0.3, 0.4) is 0 Å². The molecule has 1 aromatic rings. The van der Waals surface area contributed by atoms with Crippen molar-refractivity contribution in [2.75, 3.05) is 10.6 Å². The first-order valence-electron chi connectivity index (χ1n) is 10.1. The molecule has 1 fully saturated rings. The molecule has 0 amide bonds. The van der Waals surface area contributed by atoms with Gasteiger partial charge < -0.3 is 10.6 Å². The van der Waals surface area contributed by atoms with E-state index in [1.54, 1.807) is 5.56 Å². The number of nitrogens with one attached hydrogen (secondary N) is 2. The molecule has 2 atom stereocenters. The van der Waals surface area contributed by atoms with Gasteiger partial charge in [0, 0.05) is 23.5 Å². The minimum absolute atomic E-state index is 0.409. The van der Waals surface area contributed by atoms with Crippen molar-refractivity contribution in [2.45, 2.75) is 97.1 Å². The zero-order chi connectivity index (χ0) is 17.3. The lowest BCUT2D eigenvalue weighted by atomic mass is 9.62. The highest BCUT2D eigenvalue weighted by molar-refractivity contribution is 5.69. The van der Waals surface area contributed by atoms with Crippen LogP contribution < -0.4 is 10.6 Å². The lowest BCUT2D eigenvalue weighted by molar-refractivity contribution is 0.232. The van der Waals surface area contributed by atoms with Crippen molar-refractivity contribution >= 4 is 11.4 Å². The number of anilines is 2. The number of rotatable bonds is 4. The van der Waals surface area contributed by atoms with Gasteiger partial charge in [0.25, 0.3) is 0 Å².